The molecule has 11 heteroatoms. The average Bonchev–Trinajstić information content (AvgIpc) is 3.41. The Hall–Kier alpha value is -3.83. The van der Waals surface area contributed by atoms with E-state index < -0.39 is 16.7 Å². The Balaban J connectivity index is 1.55. The molecule has 9 nitrogen and oxygen atoms in total. The molecule has 0 amide bonds. The van der Waals surface area contributed by atoms with E-state index in [2.05, 4.69) is 16.8 Å². The van der Waals surface area contributed by atoms with Crippen molar-refractivity contribution in [3.05, 3.63) is 82.1 Å². The number of benzene rings is 2. The Kier molecular flexibility index (Phi) is 9.41. The quantitative estimate of drug-likeness (QED) is 0.147. The number of ether oxygens (including phenoxy) is 1. The summed E-state index contributed by atoms with van der Waals surface area (Å²) < 4.78 is 55.5. The maximum absolute atomic E-state index is 13.6. The number of halogens is 1. The number of imidazole rings is 1. The third-order valence-electron chi connectivity index (χ3n) is 7.77. The number of aryl methyl sites for hydroxylation is 3. The Morgan fingerprint density at radius 2 is 1.88 bits per heavy atom. The number of carbonyl (C=O) groups is 1. The molecule has 0 saturated heterocycles. The van der Waals surface area contributed by atoms with E-state index in [9.17, 15) is 17.6 Å². The first-order chi connectivity index (χ1) is 20.7. The lowest BCUT2D eigenvalue weighted by molar-refractivity contribution is 0.0973. The van der Waals surface area contributed by atoms with Gasteiger partial charge < -0.3 is 13.8 Å². The number of fused-ring (bicyclic) bond motifs is 1. The number of alkyl halides is 1. The summed E-state index contributed by atoms with van der Waals surface area (Å²) in [6.45, 7) is 5.33. The molecule has 228 valence electrons. The van der Waals surface area contributed by atoms with Crippen molar-refractivity contribution in [2.45, 2.75) is 77.3 Å². The first kappa shape index (κ1) is 30.6. The maximum atomic E-state index is 13.6. The van der Waals surface area contributed by atoms with Crippen LogP contribution < -0.4 is 4.72 Å². The summed E-state index contributed by atoms with van der Waals surface area (Å²) in [7, 11) is -4.05. The molecule has 0 fully saturated rings. The zero-order chi connectivity index (χ0) is 30.6. The van der Waals surface area contributed by atoms with Crippen molar-refractivity contribution in [1.82, 2.24) is 14.7 Å². The molecular formula is C32H37FN4O5S. The first-order valence-electron chi connectivity index (χ1n) is 14.7. The third kappa shape index (κ3) is 6.57. The topological polar surface area (TPSA) is 116 Å². The number of aromatic nitrogens is 3. The molecule has 1 aliphatic rings. The van der Waals surface area contributed by atoms with E-state index in [1.807, 2.05) is 22.8 Å². The highest BCUT2D eigenvalue weighted by molar-refractivity contribution is 7.92. The average molecular weight is 609 g/mol. The Bertz CT molecular complexity index is 1730. The summed E-state index contributed by atoms with van der Waals surface area (Å²) in [5, 5.41) is 3.85. The van der Waals surface area contributed by atoms with E-state index in [-0.39, 0.29) is 29.7 Å². The normalized spacial score (nSPS) is 13.6. The highest BCUT2D eigenvalue weighted by Crippen LogP contribution is 2.33. The standard InChI is InChI=1S/C32H37FN4O5S/c1-4-9-30-34-27-11-6-7-12-28(38)31(27)37(30)19-23-14-15-25(24(18-23)20-41-17-16-33)26-10-5-8-13-29(26)43(39,40)36-32-21(2)22(3)42-35-32/h5,8,10,13-15,18H,4,6-7,9,11-12,16-17,19-20H2,1-3H3,(H,35,36). The highest BCUT2D eigenvalue weighted by Gasteiger charge is 2.26. The van der Waals surface area contributed by atoms with Crippen molar-refractivity contribution < 1.29 is 26.9 Å². The maximum Gasteiger partial charge on any atom is 0.263 e. The number of nitrogens with zero attached hydrogens (tertiary/aromatic N) is 3. The fraction of sp³-hybridized carbons (Fsp3) is 0.406. The Morgan fingerprint density at radius 3 is 2.63 bits per heavy atom. The Labute approximate surface area is 251 Å². The second kappa shape index (κ2) is 13.2. The van der Waals surface area contributed by atoms with Gasteiger partial charge in [0.25, 0.3) is 10.0 Å². The van der Waals surface area contributed by atoms with Gasteiger partial charge in [-0.3, -0.25) is 9.52 Å². The van der Waals surface area contributed by atoms with Crippen molar-refractivity contribution >= 4 is 21.6 Å². The zero-order valence-corrected chi connectivity index (χ0v) is 25.6. The number of ketones is 1. The van der Waals surface area contributed by atoms with Gasteiger partial charge in [0.2, 0.25) is 0 Å². The minimum absolute atomic E-state index is 0.0605. The number of hydrogen-bond donors (Lipinski definition) is 1. The van der Waals surface area contributed by atoms with Gasteiger partial charge in [-0.1, -0.05) is 48.5 Å². The molecule has 0 spiro atoms. The number of rotatable bonds is 12. The minimum Gasteiger partial charge on any atom is -0.374 e. The van der Waals surface area contributed by atoms with Crippen LogP contribution in [0.5, 0.6) is 0 Å². The molecule has 2 aromatic heterocycles. The van der Waals surface area contributed by atoms with E-state index in [0.29, 0.717) is 46.7 Å². The molecule has 0 saturated carbocycles. The number of Topliss-reactive ketones (excluding diaryl/α,β-unsaturated/α-hetero) is 1. The first-order valence-corrected chi connectivity index (χ1v) is 16.1. The molecule has 0 bridgehead atoms. The summed E-state index contributed by atoms with van der Waals surface area (Å²) in [6, 6.07) is 12.4. The molecule has 0 radical (unpaired) electrons. The van der Waals surface area contributed by atoms with Gasteiger partial charge in [0.15, 0.2) is 11.6 Å². The summed E-state index contributed by atoms with van der Waals surface area (Å²) in [5.41, 5.74) is 4.90. The molecule has 1 N–H and O–H groups in total. The SMILES string of the molecule is CCCc1nc2c(n1Cc1ccc(-c3ccccc3S(=O)(=O)Nc3noc(C)c3C)c(COCCF)c1)C(=O)CCCC2. The largest absolute Gasteiger partial charge is 0.374 e. The summed E-state index contributed by atoms with van der Waals surface area (Å²) in [5.74, 6) is 1.66. The summed E-state index contributed by atoms with van der Waals surface area (Å²) in [4.78, 5) is 18.0. The number of hydrogen-bond acceptors (Lipinski definition) is 7. The van der Waals surface area contributed by atoms with Crippen LogP contribution in [0.25, 0.3) is 11.1 Å². The van der Waals surface area contributed by atoms with Gasteiger partial charge >= 0.3 is 0 Å². The lowest BCUT2D eigenvalue weighted by atomic mass is 9.97. The lowest BCUT2D eigenvalue weighted by Gasteiger charge is -2.17. The van der Waals surface area contributed by atoms with Crippen molar-refractivity contribution in [1.29, 1.82) is 0 Å². The van der Waals surface area contributed by atoms with Crippen LogP contribution in [0.15, 0.2) is 51.9 Å². The highest BCUT2D eigenvalue weighted by atomic mass is 32.2. The smallest absolute Gasteiger partial charge is 0.263 e. The van der Waals surface area contributed by atoms with Gasteiger partial charge in [0, 0.05) is 30.5 Å². The second-order valence-electron chi connectivity index (χ2n) is 10.8. The fourth-order valence-corrected chi connectivity index (χ4v) is 6.77. The molecule has 1 aliphatic carbocycles. The van der Waals surface area contributed by atoms with Crippen LogP contribution in [0.4, 0.5) is 10.2 Å². The van der Waals surface area contributed by atoms with Crippen molar-refractivity contribution in [2.24, 2.45) is 0 Å². The predicted molar refractivity (Wildman–Crippen MR) is 162 cm³/mol. The number of anilines is 1. The summed E-state index contributed by atoms with van der Waals surface area (Å²) >= 11 is 0. The molecule has 43 heavy (non-hydrogen) atoms. The minimum atomic E-state index is -4.05. The zero-order valence-electron chi connectivity index (χ0n) is 24.8. The monoisotopic (exact) mass is 608 g/mol. The lowest BCUT2D eigenvalue weighted by Crippen LogP contribution is -2.15. The Morgan fingerprint density at radius 1 is 1.09 bits per heavy atom. The van der Waals surface area contributed by atoms with Crippen LogP contribution in [0.3, 0.4) is 0 Å². The van der Waals surface area contributed by atoms with Gasteiger partial charge in [-0.05, 0) is 62.3 Å². The van der Waals surface area contributed by atoms with E-state index in [4.69, 9.17) is 14.2 Å². The molecule has 0 aliphatic heterocycles. The summed E-state index contributed by atoms with van der Waals surface area (Å²) in [6.07, 6.45) is 4.76. The number of sulfonamides is 1. The van der Waals surface area contributed by atoms with E-state index in [1.54, 1.807) is 32.0 Å². The molecule has 2 aromatic carbocycles. The van der Waals surface area contributed by atoms with Crippen LogP contribution in [-0.4, -0.2) is 42.2 Å². The van der Waals surface area contributed by atoms with Crippen molar-refractivity contribution in [3.63, 3.8) is 0 Å². The predicted octanol–water partition coefficient (Wildman–Crippen LogP) is 6.35. The van der Waals surface area contributed by atoms with Crippen LogP contribution in [-0.2, 0) is 40.8 Å². The second-order valence-corrected chi connectivity index (χ2v) is 12.5. The molecular weight excluding hydrogens is 571 g/mol. The van der Waals surface area contributed by atoms with Gasteiger partial charge in [-0.25, -0.2) is 17.8 Å². The van der Waals surface area contributed by atoms with Crippen LogP contribution >= 0.6 is 0 Å². The number of nitrogens with one attached hydrogen (secondary N) is 1. The molecule has 0 atom stereocenters. The molecule has 5 rings (SSSR count). The van der Waals surface area contributed by atoms with Crippen molar-refractivity contribution in [2.75, 3.05) is 18.0 Å². The van der Waals surface area contributed by atoms with Crippen LogP contribution in [0.1, 0.15) is 77.1 Å². The van der Waals surface area contributed by atoms with Gasteiger partial charge in [-0.15, -0.1) is 0 Å². The molecule has 0 unspecified atom stereocenters. The van der Waals surface area contributed by atoms with E-state index in [0.717, 1.165) is 49.2 Å². The van der Waals surface area contributed by atoms with E-state index in [1.165, 1.54) is 6.07 Å². The third-order valence-corrected chi connectivity index (χ3v) is 9.17. The molecule has 2 heterocycles. The van der Waals surface area contributed by atoms with Gasteiger partial charge in [0.05, 0.1) is 23.8 Å². The molecule has 4 aromatic rings. The van der Waals surface area contributed by atoms with Gasteiger partial charge in [-0.2, -0.15) is 0 Å². The van der Waals surface area contributed by atoms with Gasteiger partial charge in [0.1, 0.15) is 24.0 Å². The van der Waals surface area contributed by atoms with Crippen LogP contribution in [0.2, 0.25) is 0 Å². The number of carbonyl (C=O) groups excluding carboxylic acids is 1. The van der Waals surface area contributed by atoms with Crippen molar-refractivity contribution in [3.8, 4) is 11.1 Å². The fourth-order valence-electron chi connectivity index (χ4n) is 5.49. The van der Waals surface area contributed by atoms with Crippen LogP contribution in [0, 0.1) is 13.8 Å². The van der Waals surface area contributed by atoms with E-state index >= 15 is 0 Å².